The maximum absolute atomic E-state index is 13.6. The van der Waals surface area contributed by atoms with Crippen LogP contribution in [0.2, 0.25) is 0 Å². The minimum atomic E-state index is -1.62. The summed E-state index contributed by atoms with van der Waals surface area (Å²) in [6, 6.07) is 0.985. The highest BCUT2D eigenvalue weighted by Gasteiger charge is 2.34. The van der Waals surface area contributed by atoms with E-state index in [1.54, 1.807) is 20.8 Å². The smallest absolute Gasteiger partial charge is 0.408 e. The Bertz CT molecular complexity index is 807. The summed E-state index contributed by atoms with van der Waals surface area (Å²) in [6.45, 7) is 4.80. The minimum absolute atomic E-state index is 0.535. The largest absolute Gasteiger partial charge is 0.471 e. The Morgan fingerprint density at radius 2 is 1.77 bits per heavy atom. The summed E-state index contributed by atoms with van der Waals surface area (Å²) in [6.07, 6.45) is -3.13. The van der Waals surface area contributed by atoms with Crippen molar-refractivity contribution in [3.8, 4) is 5.75 Å². The van der Waals surface area contributed by atoms with Crippen molar-refractivity contribution in [2.45, 2.75) is 44.9 Å². The van der Waals surface area contributed by atoms with Gasteiger partial charge in [0.1, 0.15) is 17.5 Å². The Morgan fingerprint density at radius 3 is 2.27 bits per heavy atom. The van der Waals surface area contributed by atoms with E-state index in [9.17, 15) is 28.9 Å². The number of carbonyl (C=O) groups is 3. The van der Waals surface area contributed by atoms with Crippen LogP contribution in [0.4, 0.5) is 14.9 Å². The number of alkyl carbamates (subject to hydrolysis) is 1. The molecule has 1 aromatic carbocycles. The lowest BCUT2D eigenvalue weighted by atomic mass is 10.1. The van der Waals surface area contributed by atoms with Crippen molar-refractivity contribution in [3.63, 3.8) is 0 Å². The highest BCUT2D eigenvalue weighted by molar-refractivity contribution is 5.83. The van der Waals surface area contributed by atoms with E-state index in [-0.39, 0.29) is 0 Å². The number of methoxy groups -OCH3 is 2. The molecule has 1 amide bonds. The molecule has 1 rings (SSSR count). The Labute approximate surface area is 171 Å². The molecule has 0 saturated heterocycles. The highest BCUT2D eigenvalue weighted by atomic mass is 19.1. The zero-order valence-electron chi connectivity index (χ0n) is 17.1. The summed E-state index contributed by atoms with van der Waals surface area (Å²) in [5.74, 6) is -3.37. The van der Waals surface area contributed by atoms with Gasteiger partial charge in [-0.05, 0) is 26.8 Å². The van der Waals surface area contributed by atoms with Gasteiger partial charge in [0.05, 0.1) is 19.1 Å². The van der Waals surface area contributed by atoms with E-state index in [0.29, 0.717) is 6.07 Å². The van der Waals surface area contributed by atoms with E-state index in [2.05, 4.69) is 14.8 Å². The third-order valence-corrected chi connectivity index (χ3v) is 3.48. The molecule has 0 heterocycles. The predicted octanol–water partition coefficient (Wildman–Crippen LogP) is 2.11. The number of halogens is 1. The maximum Gasteiger partial charge on any atom is 0.408 e. The number of hydrogen-bond acceptors (Lipinski definition) is 9. The second kappa shape index (κ2) is 10.4. The number of hydrogen-bond donors (Lipinski definition) is 1. The molecular formula is C18H23FN2O9. The highest BCUT2D eigenvalue weighted by Crippen LogP contribution is 2.29. The third-order valence-electron chi connectivity index (χ3n) is 3.48. The van der Waals surface area contributed by atoms with Crippen LogP contribution in [-0.4, -0.2) is 54.9 Å². The van der Waals surface area contributed by atoms with Gasteiger partial charge in [-0.1, -0.05) is 0 Å². The minimum Gasteiger partial charge on any atom is -0.471 e. The average molecular weight is 430 g/mol. The van der Waals surface area contributed by atoms with Crippen LogP contribution in [-0.2, 0) is 23.8 Å². The first-order valence-corrected chi connectivity index (χ1v) is 8.63. The number of amides is 1. The lowest BCUT2D eigenvalue weighted by Crippen LogP contribution is -2.47. The second-order valence-corrected chi connectivity index (χ2v) is 6.96. The van der Waals surface area contributed by atoms with Gasteiger partial charge in [-0.2, -0.15) is 0 Å². The normalized spacial score (nSPS) is 12.9. The Hall–Kier alpha value is -3.44. The number of nitrogens with zero attached hydrogens (tertiary/aromatic N) is 1. The van der Waals surface area contributed by atoms with Crippen LogP contribution in [0, 0.1) is 15.9 Å². The van der Waals surface area contributed by atoms with Crippen molar-refractivity contribution < 1.29 is 42.6 Å². The number of nitro groups is 1. The van der Waals surface area contributed by atoms with Gasteiger partial charge in [-0.3, -0.25) is 10.1 Å². The van der Waals surface area contributed by atoms with E-state index in [0.717, 1.165) is 26.4 Å². The topological polar surface area (TPSA) is 143 Å². The summed E-state index contributed by atoms with van der Waals surface area (Å²) < 4.78 is 33.1. The van der Waals surface area contributed by atoms with Gasteiger partial charge in [-0.25, -0.2) is 18.8 Å². The number of nitrogens with one attached hydrogen (secondary N) is 1. The number of ether oxygens (including phenoxy) is 4. The first-order valence-electron chi connectivity index (χ1n) is 8.63. The monoisotopic (exact) mass is 430 g/mol. The van der Waals surface area contributed by atoms with Crippen LogP contribution in [0.5, 0.6) is 5.75 Å². The van der Waals surface area contributed by atoms with Crippen LogP contribution >= 0.6 is 0 Å². The first-order chi connectivity index (χ1) is 13.9. The molecule has 30 heavy (non-hydrogen) atoms. The van der Waals surface area contributed by atoms with Crippen molar-refractivity contribution in [2.75, 3.05) is 14.2 Å². The van der Waals surface area contributed by atoms with Crippen molar-refractivity contribution in [1.29, 1.82) is 0 Å². The van der Waals surface area contributed by atoms with Crippen LogP contribution in [0.25, 0.3) is 0 Å². The maximum atomic E-state index is 13.6. The van der Waals surface area contributed by atoms with Crippen LogP contribution in [0.3, 0.4) is 0 Å². The molecule has 166 valence electrons. The zero-order valence-corrected chi connectivity index (χ0v) is 17.1. The molecule has 1 N–H and O–H groups in total. The summed E-state index contributed by atoms with van der Waals surface area (Å²) in [7, 11) is 2.07. The fourth-order valence-corrected chi connectivity index (χ4v) is 2.23. The molecule has 11 nitrogen and oxygen atoms in total. The quantitative estimate of drug-likeness (QED) is 0.284. The molecule has 0 aliphatic rings. The molecule has 0 bridgehead atoms. The zero-order chi connectivity index (χ0) is 23.1. The molecule has 1 aromatic rings. The van der Waals surface area contributed by atoms with Crippen LogP contribution in [0.15, 0.2) is 18.2 Å². The molecule has 0 aromatic heterocycles. The predicted molar refractivity (Wildman–Crippen MR) is 99.3 cm³/mol. The SMILES string of the molecule is COC(=O)[C@H](C[C@H](Oc1cc(F)ccc1[N+](=O)[O-])C(=O)OC)NC(=O)OC(C)(C)C. The lowest BCUT2D eigenvalue weighted by molar-refractivity contribution is -0.386. The Balaban J connectivity index is 3.16. The van der Waals surface area contributed by atoms with Crippen molar-refractivity contribution >= 4 is 23.7 Å². The summed E-state index contributed by atoms with van der Waals surface area (Å²) in [4.78, 5) is 46.5. The van der Waals surface area contributed by atoms with E-state index in [1.165, 1.54) is 0 Å². The standard InChI is InChI=1S/C18H23FN2O9/c1-18(2,3)30-17(24)20-11(15(22)27-4)9-14(16(23)28-5)29-13-8-10(19)6-7-12(13)21(25)26/h6-8,11,14H,9H2,1-5H3,(H,20,24)/t11-,14-/m0/s1. The molecule has 0 spiro atoms. The summed E-state index contributed by atoms with van der Waals surface area (Å²) in [5, 5.41) is 13.4. The van der Waals surface area contributed by atoms with Gasteiger partial charge >= 0.3 is 23.7 Å². The third kappa shape index (κ3) is 7.53. The molecule has 0 fully saturated rings. The van der Waals surface area contributed by atoms with Crippen LogP contribution < -0.4 is 10.1 Å². The fourth-order valence-electron chi connectivity index (χ4n) is 2.23. The van der Waals surface area contributed by atoms with E-state index >= 15 is 0 Å². The van der Waals surface area contributed by atoms with Gasteiger partial charge in [0.2, 0.25) is 5.75 Å². The average Bonchev–Trinajstić information content (AvgIpc) is 2.63. The fraction of sp³-hybridized carbons (Fsp3) is 0.500. The van der Waals surface area contributed by atoms with E-state index < -0.39 is 64.4 Å². The second-order valence-electron chi connectivity index (χ2n) is 6.96. The number of esters is 2. The van der Waals surface area contributed by atoms with E-state index in [4.69, 9.17) is 9.47 Å². The molecule has 0 saturated carbocycles. The van der Waals surface area contributed by atoms with Gasteiger partial charge in [0.15, 0.2) is 6.10 Å². The molecular weight excluding hydrogens is 407 g/mol. The number of carbonyl (C=O) groups excluding carboxylic acids is 3. The number of benzene rings is 1. The van der Waals surface area contributed by atoms with Gasteiger partial charge in [0.25, 0.3) is 0 Å². The van der Waals surface area contributed by atoms with Gasteiger partial charge in [-0.15, -0.1) is 0 Å². The van der Waals surface area contributed by atoms with E-state index in [1.807, 2.05) is 0 Å². The number of nitro benzene ring substituents is 1. The van der Waals surface area contributed by atoms with Crippen molar-refractivity contribution in [1.82, 2.24) is 5.32 Å². The van der Waals surface area contributed by atoms with Gasteiger partial charge < -0.3 is 24.3 Å². The summed E-state index contributed by atoms with van der Waals surface area (Å²) in [5.41, 5.74) is -1.48. The molecule has 0 aliphatic carbocycles. The molecule has 0 radical (unpaired) electrons. The Kier molecular flexibility index (Phi) is 8.50. The van der Waals surface area contributed by atoms with Crippen molar-refractivity contribution in [2.24, 2.45) is 0 Å². The number of rotatable bonds is 8. The molecule has 0 aliphatic heterocycles. The van der Waals surface area contributed by atoms with Crippen LogP contribution in [0.1, 0.15) is 27.2 Å². The molecule has 12 heteroatoms. The summed E-state index contributed by atoms with van der Waals surface area (Å²) >= 11 is 0. The molecule has 0 unspecified atom stereocenters. The van der Waals surface area contributed by atoms with Crippen molar-refractivity contribution in [3.05, 3.63) is 34.1 Å². The van der Waals surface area contributed by atoms with Gasteiger partial charge in [0, 0.05) is 18.6 Å². The first kappa shape index (κ1) is 24.6. The lowest BCUT2D eigenvalue weighted by Gasteiger charge is -2.24. The Morgan fingerprint density at radius 1 is 1.17 bits per heavy atom. The molecule has 2 atom stereocenters.